The summed E-state index contributed by atoms with van der Waals surface area (Å²) in [5.74, 6) is 0. The van der Waals surface area contributed by atoms with E-state index in [2.05, 4.69) is 14.7 Å². The Kier molecular flexibility index (Phi) is 3.96. The molecule has 0 bridgehead atoms. The summed E-state index contributed by atoms with van der Waals surface area (Å²) in [4.78, 5) is 7.79. The number of pyridine rings is 2. The second-order valence-corrected chi connectivity index (χ2v) is 6.05. The van der Waals surface area contributed by atoms with E-state index >= 15 is 0 Å². The van der Waals surface area contributed by atoms with Crippen LogP contribution >= 0.6 is 12.2 Å². The molecule has 0 aliphatic carbocycles. The van der Waals surface area contributed by atoms with E-state index in [1.165, 1.54) is 18.3 Å². The zero-order valence-electron chi connectivity index (χ0n) is 10.6. The lowest BCUT2D eigenvalue weighted by atomic mass is 10.3. The molecule has 2 rings (SSSR count). The minimum atomic E-state index is -3.83. The molecule has 2 aromatic heterocycles. The Morgan fingerprint density at radius 2 is 1.90 bits per heavy atom. The normalized spacial score (nSPS) is 11.1. The molecular weight excluding hydrogens is 296 g/mol. The Labute approximate surface area is 122 Å². The SMILES string of the molecule is Cc1ncccc1NS(=O)(=O)c1cccnc1C(N)=S. The van der Waals surface area contributed by atoms with Crippen molar-refractivity contribution >= 4 is 32.9 Å². The van der Waals surface area contributed by atoms with Crippen molar-refractivity contribution in [2.24, 2.45) is 5.73 Å². The molecule has 0 aliphatic heterocycles. The molecular formula is C12H12N4O2S2. The van der Waals surface area contributed by atoms with Gasteiger partial charge in [-0.05, 0) is 31.2 Å². The predicted octanol–water partition coefficient (Wildman–Crippen LogP) is 1.22. The van der Waals surface area contributed by atoms with Crippen LogP contribution in [-0.4, -0.2) is 23.4 Å². The average Bonchev–Trinajstić information content (AvgIpc) is 2.41. The molecule has 8 heteroatoms. The van der Waals surface area contributed by atoms with Gasteiger partial charge in [-0.3, -0.25) is 14.7 Å². The molecule has 0 unspecified atom stereocenters. The molecule has 0 amide bonds. The predicted molar refractivity (Wildman–Crippen MR) is 79.9 cm³/mol. The van der Waals surface area contributed by atoms with Crippen molar-refractivity contribution in [2.45, 2.75) is 11.8 Å². The molecule has 0 saturated carbocycles. The standard InChI is InChI=1S/C12H12N4O2S2/c1-8-9(4-2-6-14-8)16-20(17,18)10-5-3-7-15-11(10)12(13)19/h2-7,16H,1H3,(H2,13,19). The van der Waals surface area contributed by atoms with Gasteiger partial charge < -0.3 is 5.73 Å². The van der Waals surface area contributed by atoms with Gasteiger partial charge in [0.05, 0.1) is 11.4 Å². The maximum Gasteiger partial charge on any atom is 0.264 e. The Morgan fingerprint density at radius 3 is 2.55 bits per heavy atom. The number of nitrogens with zero attached hydrogens (tertiary/aromatic N) is 2. The van der Waals surface area contributed by atoms with E-state index < -0.39 is 10.0 Å². The van der Waals surface area contributed by atoms with E-state index in [-0.39, 0.29) is 15.6 Å². The first-order valence-electron chi connectivity index (χ1n) is 5.61. The van der Waals surface area contributed by atoms with Crippen LogP contribution in [0.5, 0.6) is 0 Å². The third kappa shape index (κ3) is 2.91. The van der Waals surface area contributed by atoms with E-state index in [0.29, 0.717) is 11.4 Å². The van der Waals surface area contributed by atoms with Gasteiger partial charge in [0, 0.05) is 12.4 Å². The fourth-order valence-electron chi connectivity index (χ4n) is 1.58. The summed E-state index contributed by atoms with van der Waals surface area (Å²) in [6.07, 6.45) is 3.01. The van der Waals surface area contributed by atoms with E-state index in [1.54, 1.807) is 25.3 Å². The molecule has 0 fully saturated rings. The van der Waals surface area contributed by atoms with Gasteiger partial charge in [-0.2, -0.15) is 0 Å². The van der Waals surface area contributed by atoms with E-state index in [9.17, 15) is 8.42 Å². The van der Waals surface area contributed by atoms with Crippen LogP contribution in [0.1, 0.15) is 11.4 Å². The largest absolute Gasteiger partial charge is 0.388 e. The molecule has 0 radical (unpaired) electrons. The molecule has 3 N–H and O–H groups in total. The van der Waals surface area contributed by atoms with Gasteiger partial charge >= 0.3 is 0 Å². The molecule has 0 atom stereocenters. The van der Waals surface area contributed by atoms with Gasteiger partial charge in [-0.25, -0.2) is 8.42 Å². The van der Waals surface area contributed by atoms with Crippen LogP contribution in [0.15, 0.2) is 41.6 Å². The first-order valence-corrected chi connectivity index (χ1v) is 7.50. The maximum absolute atomic E-state index is 12.4. The van der Waals surface area contributed by atoms with Gasteiger partial charge in [0.1, 0.15) is 15.6 Å². The Hall–Kier alpha value is -2.06. The molecule has 0 aromatic carbocycles. The van der Waals surface area contributed by atoms with Crippen molar-refractivity contribution in [1.29, 1.82) is 0 Å². The Bertz CT molecular complexity index is 760. The van der Waals surface area contributed by atoms with Crippen LogP contribution in [0.25, 0.3) is 0 Å². The number of anilines is 1. The zero-order valence-corrected chi connectivity index (χ0v) is 12.2. The summed E-state index contributed by atoms with van der Waals surface area (Å²) < 4.78 is 27.2. The van der Waals surface area contributed by atoms with Crippen LogP contribution < -0.4 is 10.5 Å². The third-order valence-corrected chi connectivity index (χ3v) is 4.14. The number of aryl methyl sites for hydroxylation is 1. The lowest BCUT2D eigenvalue weighted by Gasteiger charge is -2.11. The molecule has 0 saturated heterocycles. The smallest absolute Gasteiger partial charge is 0.264 e. The topological polar surface area (TPSA) is 98.0 Å². The minimum Gasteiger partial charge on any atom is -0.388 e. The van der Waals surface area contributed by atoms with Crippen LogP contribution in [0, 0.1) is 6.92 Å². The summed E-state index contributed by atoms with van der Waals surface area (Å²) in [6, 6.07) is 6.17. The fourth-order valence-corrected chi connectivity index (χ4v) is 3.10. The highest BCUT2D eigenvalue weighted by molar-refractivity contribution is 7.93. The van der Waals surface area contributed by atoms with Gasteiger partial charge in [-0.15, -0.1) is 0 Å². The number of nitrogens with one attached hydrogen (secondary N) is 1. The van der Waals surface area contributed by atoms with Crippen molar-refractivity contribution in [1.82, 2.24) is 9.97 Å². The van der Waals surface area contributed by atoms with E-state index in [4.69, 9.17) is 18.0 Å². The van der Waals surface area contributed by atoms with Gasteiger partial charge in [0.15, 0.2) is 0 Å². The van der Waals surface area contributed by atoms with Gasteiger partial charge in [-0.1, -0.05) is 12.2 Å². The molecule has 2 aromatic rings. The number of rotatable bonds is 4. The zero-order chi connectivity index (χ0) is 14.8. The number of aromatic nitrogens is 2. The first-order chi connectivity index (χ1) is 9.42. The highest BCUT2D eigenvalue weighted by Crippen LogP contribution is 2.19. The van der Waals surface area contributed by atoms with Crippen LogP contribution in [0.3, 0.4) is 0 Å². The van der Waals surface area contributed by atoms with E-state index in [1.807, 2.05) is 0 Å². The summed E-state index contributed by atoms with van der Waals surface area (Å²) in [5.41, 5.74) is 6.53. The number of hydrogen-bond donors (Lipinski definition) is 2. The minimum absolute atomic E-state index is 0.0595. The fraction of sp³-hybridized carbons (Fsp3) is 0.0833. The average molecular weight is 308 g/mol. The van der Waals surface area contributed by atoms with Crippen LogP contribution in [-0.2, 0) is 10.0 Å². The number of sulfonamides is 1. The van der Waals surface area contributed by atoms with Crippen molar-refractivity contribution in [3.05, 3.63) is 48.0 Å². The summed E-state index contributed by atoms with van der Waals surface area (Å²) in [7, 11) is -3.83. The molecule has 104 valence electrons. The molecule has 0 spiro atoms. The second-order valence-electron chi connectivity index (χ2n) is 3.96. The summed E-state index contributed by atoms with van der Waals surface area (Å²) >= 11 is 4.82. The van der Waals surface area contributed by atoms with Crippen LogP contribution in [0.2, 0.25) is 0 Å². The highest BCUT2D eigenvalue weighted by Gasteiger charge is 2.21. The number of hydrogen-bond acceptors (Lipinski definition) is 5. The third-order valence-electron chi connectivity index (χ3n) is 2.54. The molecule has 0 aliphatic rings. The lowest BCUT2D eigenvalue weighted by Crippen LogP contribution is -2.21. The Morgan fingerprint density at radius 1 is 1.25 bits per heavy atom. The number of nitrogens with two attached hydrogens (primary N) is 1. The van der Waals surface area contributed by atoms with Crippen molar-refractivity contribution in [3.8, 4) is 0 Å². The molecule has 2 heterocycles. The second kappa shape index (κ2) is 5.51. The van der Waals surface area contributed by atoms with Crippen LogP contribution in [0.4, 0.5) is 5.69 Å². The summed E-state index contributed by atoms with van der Waals surface area (Å²) in [6.45, 7) is 1.70. The van der Waals surface area contributed by atoms with Gasteiger partial charge in [0.25, 0.3) is 10.0 Å². The highest BCUT2D eigenvalue weighted by atomic mass is 32.2. The summed E-state index contributed by atoms with van der Waals surface area (Å²) in [5, 5.41) is 0. The molecule has 6 nitrogen and oxygen atoms in total. The van der Waals surface area contributed by atoms with E-state index in [0.717, 1.165) is 0 Å². The number of thiocarbonyl (C=S) groups is 1. The van der Waals surface area contributed by atoms with Crippen molar-refractivity contribution < 1.29 is 8.42 Å². The lowest BCUT2D eigenvalue weighted by molar-refractivity contribution is 0.600. The first kappa shape index (κ1) is 14.4. The van der Waals surface area contributed by atoms with Gasteiger partial charge in [0.2, 0.25) is 0 Å². The maximum atomic E-state index is 12.4. The van der Waals surface area contributed by atoms with Crippen molar-refractivity contribution in [3.63, 3.8) is 0 Å². The molecule has 20 heavy (non-hydrogen) atoms. The monoisotopic (exact) mass is 308 g/mol. The van der Waals surface area contributed by atoms with Crippen molar-refractivity contribution in [2.75, 3.05) is 4.72 Å². The quantitative estimate of drug-likeness (QED) is 0.824. The Balaban J connectivity index is 2.47.